The highest BCUT2D eigenvalue weighted by Crippen LogP contribution is 2.32. The Morgan fingerprint density at radius 3 is 2.34 bits per heavy atom. The maximum atomic E-state index is 12.9. The standard InChI is InChI=1S/C25H27F3N2O2/c26-25(27,28)21-7-4-8-22(19-21)30-13-11-29(12-14-30)15-16-31-17-18-32-24-10-3-6-20-5-1-2-9-23(20)24/h1-10,19H,11-18H2. The number of anilines is 1. The number of hydrogen-bond donors (Lipinski definition) is 0. The second kappa shape index (κ2) is 10.2. The Morgan fingerprint density at radius 2 is 1.53 bits per heavy atom. The lowest BCUT2D eigenvalue weighted by atomic mass is 10.1. The van der Waals surface area contributed by atoms with Crippen LogP contribution in [0.4, 0.5) is 18.9 Å². The van der Waals surface area contributed by atoms with Crippen LogP contribution in [0.1, 0.15) is 5.56 Å². The van der Waals surface area contributed by atoms with E-state index in [9.17, 15) is 13.2 Å². The third-order valence-corrected chi connectivity index (χ3v) is 5.70. The molecule has 0 bridgehead atoms. The molecule has 1 aliphatic heterocycles. The first-order valence-electron chi connectivity index (χ1n) is 10.8. The summed E-state index contributed by atoms with van der Waals surface area (Å²) >= 11 is 0. The maximum absolute atomic E-state index is 12.9. The molecule has 0 spiro atoms. The zero-order valence-corrected chi connectivity index (χ0v) is 17.9. The van der Waals surface area contributed by atoms with Crippen LogP contribution in [0.15, 0.2) is 66.7 Å². The van der Waals surface area contributed by atoms with Crippen molar-refractivity contribution in [3.05, 3.63) is 72.3 Å². The van der Waals surface area contributed by atoms with Gasteiger partial charge in [-0.3, -0.25) is 4.90 Å². The molecule has 0 aromatic heterocycles. The van der Waals surface area contributed by atoms with Crippen molar-refractivity contribution in [3.8, 4) is 5.75 Å². The number of fused-ring (bicyclic) bond motifs is 1. The minimum Gasteiger partial charge on any atom is -0.491 e. The summed E-state index contributed by atoms with van der Waals surface area (Å²) in [5, 5.41) is 2.24. The topological polar surface area (TPSA) is 24.9 Å². The molecule has 7 heteroatoms. The summed E-state index contributed by atoms with van der Waals surface area (Å²) in [4.78, 5) is 4.28. The highest BCUT2D eigenvalue weighted by molar-refractivity contribution is 5.88. The molecule has 0 atom stereocenters. The van der Waals surface area contributed by atoms with Gasteiger partial charge in [-0.15, -0.1) is 0 Å². The molecular weight excluding hydrogens is 417 g/mol. The Bertz CT molecular complexity index is 1010. The van der Waals surface area contributed by atoms with Gasteiger partial charge in [-0.1, -0.05) is 42.5 Å². The number of halogens is 3. The molecule has 0 radical (unpaired) electrons. The fraction of sp³-hybridized carbons (Fsp3) is 0.360. The highest BCUT2D eigenvalue weighted by atomic mass is 19.4. The van der Waals surface area contributed by atoms with Crippen molar-refractivity contribution in [2.75, 3.05) is 57.4 Å². The molecule has 0 unspecified atom stereocenters. The van der Waals surface area contributed by atoms with E-state index in [2.05, 4.69) is 17.0 Å². The van der Waals surface area contributed by atoms with E-state index < -0.39 is 11.7 Å². The number of piperazine rings is 1. The minimum absolute atomic E-state index is 0.483. The van der Waals surface area contributed by atoms with Gasteiger partial charge >= 0.3 is 6.18 Å². The summed E-state index contributed by atoms with van der Waals surface area (Å²) in [5.41, 5.74) is 0.0258. The van der Waals surface area contributed by atoms with Gasteiger partial charge in [0.15, 0.2) is 0 Å². The van der Waals surface area contributed by atoms with Gasteiger partial charge < -0.3 is 14.4 Å². The van der Waals surface area contributed by atoms with Crippen molar-refractivity contribution in [1.29, 1.82) is 0 Å². The molecule has 3 aromatic carbocycles. The first-order valence-corrected chi connectivity index (χ1v) is 10.8. The van der Waals surface area contributed by atoms with Gasteiger partial charge in [0, 0.05) is 43.8 Å². The van der Waals surface area contributed by atoms with E-state index in [1.54, 1.807) is 6.07 Å². The van der Waals surface area contributed by atoms with Crippen LogP contribution in [-0.4, -0.2) is 57.4 Å². The Labute approximate surface area is 186 Å². The van der Waals surface area contributed by atoms with Crippen LogP contribution in [-0.2, 0) is 10.9 Å². The average Bonchev–Trinajstić information content (AvgIpc) is 2.81. The van der Waals surface area contributed by atoms with Crippen molar-refractivity contribution < 1.29 is 22.6 Å². The summed E-state index contributed by atoms with van der Waals surface area (Å²) in [7, 11) is 0. The Morgan fingerprint density at radius 1 is 0.781 bits per heavy atom. The lowest BCUT2D eigenvalue weighted by Gasteiger charge is -2.36. The molecule has 4 rings (SSSR count). The van der Waals surface area contributed by atoms with Gasteiger partial charge in [-0.25, -0.2) is 0 Å². The quantitative estimate of drug-likeness (QED) is 0.453. The first-order chi connectivity index (χ1) is 15.5. The minimum atomic E-state index is -4.31. The molecular formula is C25H27F3N2O2. The SMILES string of the molecule is FC(F)(F)c1cccc(N2CCN(CCOCCOc3cccc4ccccc34)CC2)c1. The van der Waals surface area contributed by atoms with E-state index in [1.165, 1.54) is 12.1 Å². The number of rotatable bonds is 8. The van der Waals surface area contributed by atoms with Gasteiger partial charge in [0.25, 0.3) is 0 Å². The van der Waals surface area contributed by atoms with Crippen LogP contribution in [0.3, 0.4) is 0 Å². The summed E-state index contributed by atoms with van der Waals surface area (Å²) in [6, 6.07) is 19.7. The van der Waals surface area contributed by atoms with Crippen LogP contribution < -0.4 is 9.64 Å². The lowest BCUT2D eigenvalue weighted by molar-refractivity contribution is -0.137. The third-order valence-electron chi connectivity index (χ3n) is 5.70. The molecule has 0 aliphatic carbocycles. The van der Waals surface area contributed by atoms with Crippen molar-refractivity contribution in [1.82, 2.24) is 4.90 Å². The van der Waals surface area contributed by atoms with E-state index in [4.69, 9.17) is 9.47 Å². The van der Waals surface area contributed by atoms with E-state index >= 15 is 0 Å². The molecule has 0 amide bonds. The van der Waals surface area contributed by atoms with Crippen molar-refractivity contribution >= 4 is 16.5 Å². The number of nitrogens with zero attached hydrogens (tertiary/aromatic N) is 2. The van der Waals surface area contributed by atoms with Crippen LogP contribution in [0.5, 0.6) is 5.75 Å². The number of hydrogen-bond acceptors (Lipinski definition) is 4. The fourth-order valence-corrected chi connectivity index (χ4v) is 3.94. The summed E-state index contributed by atoms with van der Waals surface area (Å²) in [6.45, 7) is 5.38. The van der Waals surface area contributed by atoms with E-state index in [-0.39, 0.29) is 0 Å². The third kappa shape index (κ3) is 5.72. The summed E-state index contributed by atoms with van der Waals surface area (Å²) in [6.07, 6.45) is -4.31. The molecule has 1 aliphatic rings. The predicted molar refractivity (Wildman–Crippen MR) is 120 cm³/mol. The maximum Gasteiger partial charge on any atom is 0.416 e. The van der Waals surface area contributed by atoms with Gasteiger partial charge in [-0.2, -0.15) is 13.2 Å². The lowest BCUT2D eigenvalue weighted by Crippen LogP contribution is -2.47. The largest absolute Gasteiger partial charge is 0.491 e. The summed E-state index contributed by atoms with van der Waals surface area (Å²) < 4.78 is 50.4. The van der Waals surface area contributed by atoms with Gasteiger partial charge in [0.1, 0.15) is 12.4 Å². The second-order valence-electron chi connectivity index (χ2n) is 7.81. The van der Waals surface area contributed by atoms with Crippen LogP contribution in [0.2, 0.25) is 0 Å². The van der Waals surface area contributed by atoms with Crippen molar-refractivity contribution in [2.45, 2.75) is 6.18 Å². The molecule has 4 nitrogen and oxygen atoms in total. The monoisotopic (exact) mass is 444 g/mol. The molecule has 3 aromatic rings. The Hall–Kier alpha value is -2.77. The average molecular weight is 444 g/mol. The van der Waals surface area contributed by atoms with E-state index in [0.717, 1.165) is 42.2 Å². The van der Waals surface area contributed by atoms with E-state index in [0.29, 0.717) is 38.6 Å². The van der Waals surface area contributed by atoms with Crippen LogP contribution >= 0.6 is 0 Å². The van der Waals surface area contributed by atoms with Gasteiger partial charge in [-0.05, 0) is 29.7 Å². The van der Waals surface area contributed by atoms with Gasteiger partial charge in [0.05, 0.1) is 18.8 Å². The number of benzene rings is 3. The molecule has 0 N–H and O–H groups in total. The zero-order valence-electron chi connectivity index (χ0n) is 17.9. The number of ether oxygens (including phenoxy) is 2. The zero-order chi connectivity index (χ0) is 22.4. The Balaban J connectivity index is 1.15. The Kier molecular flexibility index (Phi) is 7.17. The normalized spacial score (nSPS) is 15.3. The fourth-order valence-electron chi connectivity index (χ4n) is 3.94. The predicted octanol–water partition coefficient (Wildman–Crippen LogP) is 5.08. The molecule has 1 saturated heterocycles. The molecule has 170 valence electrons. The van der Waals surface area contributed by atoms with Crippen molar-refractivity contribution in [3.63, 3.8) is 0 Å². The first kappa shape index (κ1) is 22.4. The van der Waals surface area contributed by atoms with E-state index in [1.807, 2.05) is 35.2 Å². The smallest absolute Gasteiger partial charge is 0.416 e. The molecule has 0 saturated carbocycles. The molecule has 1 heterocycles. The number of alkyl halides is 3. The van der Waals surface area contributed by atoms with Crippen molar-refractivity contribution in [2.24, 2.45) is 0 Å². The van der Waals surface area contributed by atoms with Gasteiger partial charge in [0.2, 0.25) is 0 Å². The van der Waals surface area contributed by atoms with Crippen LogP contribution in [0, 0.1) is 0 Å². The second-order valence-corrected chi connectivity index (χ2v) is 7.81. The molecule has 32 heavy (non-hydrogen) atoms. The highest BCUT2D eigenvalue weighted by Gasteiger charge is 2.31. The molecule has 1 fully saturated rings. The summed E-state index contributed by atoms with van der Waals surface area (Å²) in [5.74, 6) is 0.859. The van der Waals surface area contributed by atoms with Crippen LogP contribution in [0.25, 0.3) is 10.8 Å².